The molecule has 10 heteroatoms. The van der Waals surface area contributed by atoms with Crippen LogP contribution in [-0.4, -0.2) is 51.0 Å². The lowest BCUT2D eigenvalue weighted by Crippen LogP contribution is -2.59. The van der Waals surface area contributed by atoms with Gasteiger partial charge in [0.2, 0.25) is 11.8 Å². The number of aryl methyl sites for hydroxylation is 2. The average Bonchev–Trinajstić information content (AvgIpc) is 2.82. The standard InChI is InChI=1S/C30H42N4O6/c1-9-30(7,8)34(27(38)22(17-23(31)36)32-28(39)40-29(4,5)6)25(20-14-11-15-21(35)16-20)26(37)33-24-18(2)12-10-13-19(24)3/h10-16,22,25,35H,9,17H2,1-8H3,(H2,31,36)(H,32,39)(H,33,37). The number of phenolic OH excluding ortho intramolecular Hbond substituents is 1. The van der Waals surface area contributed by atoms with Crippen LogP contribution in [0, 0.1) is 13.8 Å². The summed E-state index contributed by atoms with van der Waals surface area (Å²) in [6.45, 7) is 14.1. The Labute approximate surface area is 236 Å². The second-order valence-electron chi connectivity index (χ2n) is 11.5. The van der Waals surface area contributed by atoms with Crippen molar-refractivity contribution in [2.45, 2.75) is 91.5 Å². The first-order valence-electron chi connectivity index (χ1n) is 13.2. The van der Waals surface area contributed by atoms with Crippen molar-refractivity contribution >= 4 is 29.5 Å². The number of benzene rings is 2. The van der Waals surface area contributed by atoms with Crippen molar-refractivity contribution in [3.05, 3.63) is 59.2 Å². The number of hydrogen-bond donors (Lipinski definition) is 4. The molecule has 0 radical (unpaired) electrons. The fraction of sp³-hybridized carbons (Fsp3) is 0.467. The maximum Gasteiger partial charge on any atom is 0.408 e. The van der Waals surface area contributed by atoms with E-state index in [2.05, 4.69) is 10.6 Å². The van der Waals surface area contributed by atoms with Crippen LogP contribution in [-0.2, 0) is 19.1 Å². The van der Waals surface area contributed by atoms with Gasteiger partial charge >= 0.3 is 6.09 Å². The van der Waals surface area contributed by atoms with Gasteiger partial charge < -0.3 is 31.1 Å². The number of aromatic hydroxyl groups is 1. The number of phenols is 1. The molecule has 5 N–H and O–H groups in total. The third kappa shape index (κ3) is 8.46. The van der Waals surface area contributed by atoms with E-state index in [0.717, 1.165) is 11.1 Å². The average molecular weight is 555 g/mol. The molecular formula is C30H42N4O6. The number of anilines is 1. The molecule has 0 aromatic heterocycles. The number of nitrogens with one attached hydrogen (secondary N) is 2. The minimum atomic E-state index is -1.41. The van der Waals surface area contributed by atoms with Gasteiger partial charge in [-0.25, -0.2) is 4.79 Å². The number of nitrogens with zero attached hydrogens (tertiary/aromatic N) is 1. The van der Waals surface area contributed by atoms with Crippen LogP contribution in [0.4, 0.5) is 10.5 Å². The Hall–Kier alpha value is -4.08. The summed E-state index contributed by atoms with van der Waals surface area (Å²) in [5.74, 6) is -2.16. The zero-order chi connectivity index (χ0) is 30.4. The van der Waals surface area contributed by atoms with Crippen molar-refractivity contribution in [3.63, 3.8) is 0 Å². The summed E-state index contributed by atoms with van der Waals surface area (Å²) < 4.78 is 5.32. The van der Waals surface area contributed by atoms with Crippen molar-refractivity contribution in [1.82, 2.24) is 10.2 Å². The molecule has 2 atom stereocenters. The van der Waals surface area contributed by atoms with E-state index >= 15 is 0 Å². The van der Waals surface area contributed by atoms with Crippen LogP contribution >= 0.6 is 0 Å². The van der Waals surface area contributed by atoms with E-state index in [1.54, 1.807) is 46.8 Å². The Bertz CT molecular complexity index is 1230. The first-order valence-corrected chi connectivity index (χ1v) is 13.2. The molecule has 0 saturated carbocycles. The summed E-state index contributed by atoms with van der Waals surface area (Å²) in [7, 11) is 0. The lowest BCUT2D eigenvalue weighted by molar-refractivity contribution is -0.148. The second kappa shape index (κ2) is 12.8. The Morgan fingerprint density at radius 3 is 2.08 bits per heavy atom. The molecular weight excluding hydrogens is 512 g/mol. The summed E-state index contributed by atoms with van der Waals surface area (Å²) in [6.07, 6.45) is -1.00. The molecule has 40 heavy (non-hydrogen) atoms. The summed E-state index contributed by atoms with van der Waals surface area (Å²) in [6, 6.07) is 9.01. The molecule has 2 aromatic rings. The van der Waals surface area contributed by atoms with Gasteiger partial charge in [0.15, 0.2) is 0 Å². The van der Waals surface area contributed by atoms with Crippen LogP contribution in [0.1, 0.15) is 77.1 Å². The molecule has 0 bridgehead atoms. The highest BCUT2D eigenvalue weighted by Crippen LogP contribution is 2.35. The quantitative estimate of drug-likeness (QED) is 0.340. The normalized spacial score (nSPS) is 13.1. The van der Waals surface area contributed by atoms with E-state index in [9.17, 15) is 24.3 Å². The fourth-order valence-electron chi connectivity index (χ4n) is 4.28. The predicted octanol–water partition coefficient (Wildman–Crippen LogP) is 4.47. The molecule has 10 nitrogen and oxygen atoms in total. The molecule has 2 unspecified atom stereocenters. The van der Waals surface area contributed by atoms with Gasteiger partial charge in [0.25, 0.3) is 5.91 Å². The molecule has 0 spiro atoms. The highest BCUT2D eigenvalue weighted by molar-refractivity contribution is 6.00. The third-order valence-corrected chi connectivity index (χ3v) is 6.57. The molecule has 0 aliphatic heterocycles. The van der Waals surface area contributed by atoms with Gasteiger partial charge in [0.05, 0.1) is 6.42 Å². The largest absolute Gasteiger partial charge is 0.508 e. The third-order valence-electron chi connectivity index (χ3n) is 6.57. The van der Waals surface area contributed by atoms with Crippen molar-refractivity contribution in [1.29, 1.82) is 0 Å². The van der Waals surface area contributed by atoms with E-state index < -0.39 is 53.5 Å². The second-order valence-corrected chi connectivity index (χ2v) is 11.5. The first kappa shape index (κ1) is 32.1. The van der Waals surface area contributed by atoms with E-state index in [1.807, 2.05) is 39.0 Å². The maximum atomic E-state index is 14.3. The SMILES string of the molecule is CCC(C)(C)N(C(=O)C(CC(N)=O)NC(=O)OC(C)(C)C)C(C(=O)Nc1c(C)cccc1C)c1cccc(O)c1. The molecule has 0 aliphatic carbocycles. The summed E-state index contributed by atoms with van der Waals surface area (Å²) in [5, 5.41) is 15.7. The van der Waals surface area contributed by atoms with Gasteiger partial charge in [-0.3, -0.25) is 14.4 Å². The Morgan fingerprint density at radius 1 is 1.00 bits per heavy atom. The van der Waals surface area contributed by atoms with Gasteiger partial charge in [-0.1, -0.05) is 37.3 Å². The number of ether oxygens (including phenoxy) is 1. The highest BCUT2D eigenvalue weighted by atomic mass is 16.6. The molecule has 4 amide bonds. The van der Waals surface area contributed by atoms with Gasteiger partial charge in [0, 0.05) is 11.2 Å². The van der Waals surface area contributed by atoms with Crippen LogP contribution in [0.2, 0.25) is 0 Å². The predicted molar refractivity (Wildman–Crippen MR) is 154 cm³/mol. The zero-order valence-corrected chi connectivity index (χ0v) is 24.6. The number of carbonyl (C=O) groups is 4. The first-order chi connectivity index (χ1) is 18.5. The molecule has 0 aliphatic rings. The van der Waals surface area contributed by atoms with Gasteiger partial charge in [0.1, 0.15) is 23.4 Å². The van der Waals surface area contributed by atoms with Crippen LogP contribution < -0.4 is 16.4 Å². The maximum absolute atomic E-state index is 14.3. The lowest BCUT2D eigenvalue weighted by Gasteiger charge is -2.44. The van der Waals surface area contributed by atoms with Crippen molar-refractivity contribution < 1.29 is 29.0 Å². The number of hydrogen-bond acceptors (Lipinski definition) is 6. The monoisotopic (exact) mass is 554 g/mol. The molecule has 0 heterocycles. The number of primary amides is 1. The van der Waals surface area contributed by atoms with E-state index in [1.165, 1.54) is 17.0 Å². The van der Waals surface area contributed by atoms with Crippen molar-refractivity contribution in [3.8, 4) is 5.75 Å². The highest BCUT2D eigenvalue weighted by Gasteiger charge is 2.43. The van der Waals surface area contributed by atoms with E-state index in [0.29, 0.717) is 17.7 Å². The zero-order valence-electron chi connectivity index (χ0n) is 24.6. The van der Waals surface area contributed by atoms with Gasteiger partial charge in [-0.15, -0.1) is 0 Å². The molecule has 0 saturated heterocycles. The van der Waals surface area contributed by atoms with E-state index in [-0.39, 0.29) is 5.75 Å². The van der Waals surface area contributed by atoms with Crippen LogP contribution in [0.3, 0.4) is 0 Å². The Morgan fingerprint density at radius 2 is 1.57 bits per heavy atom. The topological polar surface area (TPSA) is 151 Å². The molecule has 2 rings (SSSR count). The van der Waals surface area contributed by atoms with Crippen molar-refractivity contribution in [2.24, 2.45) is 5.73 Å². The Balaban J connectivity index is 2.69. The minimum absolute atomic E-state index is 0.0929. The number of nitrogens with two attached hydrogens (primary N) is 1. The van der Waals surface area contributed by atoms with Crippen molar-refractivity contribution in [2.75, 3.05) is 5.32 Å². The fourth-order valence-corrected chi connectivity index (χ4v) is 4.28. The number of alkyl carbamates (subject to hydrolysis) is 1. The summed E-state index contributed by atoms with van der Waals surface area (Å²) in [4.78, 5) is 54.4. The number of rotatable bonds is 10. The van der Waals surface area contributed by atoms with Crippen LogP contribution in [0.5, 0.6) is 5.75 Å². The minimum Gasteiger partial charge on any atom is -0.508 e. The smallest absolute Gasteiger partial charge is 0.408 e. The summed E-state index contributed by atoms with van der Waals surface area (Å²) in [5.41, 5.74) is 6.25. The molecule has 218 valence electrons. The number of para-hydroxylation sites is 1. The lowest BCUT2D eigenvalue weighted by atomic mass is 9.91. The van der Waals surface area contributed by atoms with Crippen LogP contribution in [0.15, 0.2) is 42.5 Å². The van der Waals surface area contributed by atoms with Gasteiger partial charge in [-0.05, 0) is 83.7 Å². The van der Waals surface area contributed by atoms with E-state index in [4.69, 9.17) is 10.5 Å². The van der Waals surface area contributed by atoms with Crippen LogP contribution in [0.25, 0.3) is 0 Å². The number of amides is 4. The van der Waals surface area contributed by atoms with Gasteiger partial charge in [-0.2, -0.15) is 0 Å². The Kier molecular flexibility index (Phi) is 10.3. The molecule has 0 fully saturated rings. The molecule has 2 aromatic carbocycles. The summed E-state index contributed by atoms with van der Waals surface area (Å²) >= 11 is 0. The number of carbonyl (C=O) groups excluding carboxylic acids is 4.